The van der Waals surface area contributed by atoms with Crippen molar-refractivity contribution in [2.45, 2.75) is 6.04 Å². The third-order valence-corrected chi connectivity index (χ3v) is 2.19. The van der Waals surface area contributed by atoms with Crippen molar-refractivity contribution in [3.05, 3.63) is 0 Å². The molecule has 1 aliphatic heterocycles. The fraction of sp³-hybridized carbons (Fsp3) is 0.750. The van der Waals surface area contributed by atoms with Crippen molar-refractivity contribution >= 4 is 28.6 Å². The van der Waals surface area contributed by atoms with Crippen LogP contribution in [0.2, 0.25) is 0 Å². The maximum absolute atomic E-state index is 10.3. The van der Waals surface area contributed by atoms with Crippen LogP contribution in [0.1, 0.15) is 0 Å². The summed E-state index contributed by atoms with van der Waals surface area (Å²) >= 11 is 6.86. The number of nitrogens with one attached hydrogen (secondary N) is 1. The fourth-order valence-corrected chi connectivity index (χ4v) is 1.73. The van der Waals surface area contributed by atoms with Crippen LogP contribution in [0.5, 0.6) is 0 Å². The summed E-state index contributed by atoms with van der Waals surface area (Å²) in [5.74, 6) is 1.67. The molecule has 4 heteroatoms. The first-order valence-corrected chi connectivity index (χ1v) is 3.84. The summed E-state index contributed by atoms with van der Waals surface area (Å²) in [6.07, 6.45) is 0. The topological polar surface area (TPSA) is 29.1 Å². The first-order valence-electron chi connectivity index (χ1n) is 2.31. The minimum atomic E-state index is -0.269. The average Bonchev–Trinajstić information content (AvgIpc) is 2.12. The Hall–Kier alpha value is 0.270. The van der Waals surface area contributed by atoms with E-state index in [0.717, 1.165) is 11.6 Å². The van der Waals surface area contributed by atoms with Gasteiger partial charge in [-0.25, -0.2) is 0 Å². The lowest BCUT2D eigenvalue weighted by Crippen LogP contribution is -2.29. The van der Waals surface area contributed by atoms with Gasteiger partial charge < -0.3 is 0 Å². The maximum atomic E-state index is 10.3. The second kappa shape index (κ2) is 2.71. The molecule has 1 rings (SSSR count). The molecule has 2 nitrogen and oxygen atoms in total. The van der Waals surface area contributed by atoms with Gasteiger partial charge in [0, 0.05) is 11.6 Å². The van der Waals surface area contributed by atoms with Crippen LogP contribution in [-0.4, -0.2) is 22.9 Å². The molecule has 0 amide bonds. The van der Waals surface area contributed by atoms with Crippen molar-refractivity contribution in [3.63, 3.8) is 0 Å². The fourth-order valence-electron chi connectivity index (χ4n) is 0.541. The molecule has 1 heterocycles. The van der Waals surface area contributed by atoms with Crippen molar-refractivity contribution in [3.8, 4) is 0 Å². The number of halogens is 1. The molecule has 46 valence electrons. The van der Waals surface area contributed by atoms with E-state index in [9.17, 15) is 4.79 Å². The minimum absolute atomic E-state index is 0.0957. The van der Waals surface area contributed by atoms with E-state index < -0.39 is 0 Å². The molecule has 0 radical (unpaired) electrons. The maximum Gasteiger partial charge on any atom is 0.239 e. The molecule has 0 aliphatic carbocycles. The van der Waals surface area contributed by atoms with Crippen LogP contribution < -0.4 is 5.32 Å². The lowest BCUT2D eigenvalue weighted by Gasteiger charge is -1.98. The molecule has 0 aromatic carbocycles. The van der Waals surface area contributed by atoms with Crippen molar-refractivity contribution in [1.82, 2.24) is 5.32 Å². The Bertz CT molecular complexity index is 102. The summed E-state index contributed by atoms with van der Waals surface area (Å²) in [5, 5.41) is 2.67. The third-order valence-electron chi connectivity index (χ3n) is 0.990. The van der Waals surface area contributed by atoms with Crippen molar-refractivity contribution in [2.75, 3.05) is 11.6 Å². The highest BCUT2D eigenvalue weighted by Gasteiger charge is 2.19. The molecule has 0 saturated carbocycles. The standard InChI is InChI=1S/C4H6ClNOS/c5-4(7)3-1-8-2-6-3/h3,6H,1-2H2. The zero-order valence-electron chi connectivity index (χ0n) is 4.19. The summed E-state index contributed by atoms with van der Waals surface area (Å²) in [4.78, 5) is 10.3. The highest BCUT2D eigenvalue weighted by atomic mass is 35.5. The first-order chi connectivity index (χ1) is 3.80. The molecular weight excluding hydrogens is 146 g/mol. The van der Waals surface area contributed by atoms with Crippen molar-refractivity contribution in [2.24, 2.45) is 0 Å². The van der Waals surface area contributed by atoms with Gasteiger partial charge in [0.1, 0.15) is 0 Å². The number of carbonyl (C=O) groups excluding carboxylic acids is 1. The second-order valence-electron chi connectivity index (χ2n) is 1.58. The molecule has 1 fully saturated rings. The largest absolute Gasteiger partial charge is 0.297 e. The smallest absolute Gasteiger partial charge is 0.239 e. The summed E-state index contributed by atoms with van der Waals surface area (Å²) < 4.78 is 0. The number of thioether (sulfide) groups is 1. The number of rotatable bonds is 1. The van der Waals surface area contributed by atoms with E-state index in [1.807, 2.05) is 0 Å². The summed E-state index contributed by atoms with van der Waals surface area (Å²) in [6, 6.07) is -0.0957. The number of hydrogen-bond donors (Lipinski definition) is 1. The van der Waals surface area contributed by atoms with Gasteiger partial charge in [-0.3, -0.25) is 10.1 Å². The van der Waals surface area contributed by atoms with E-state index in [0.29, 0.717) is 0 Å². The normalized spacial score (nSPS) is 28.4. The molecule has 1 saturated heterocycles. The quantitative estimate of drug-likeness (QED) is 0.551. The van der Waals surface area contributed by atoms with Crippen LogP contribution in [0.25, 0.3) is 0 Å². The Morgan fingerprint density at radius 1 is 1.88 bits per heavy atom. The Balaban J connectivity index is 2.35. The zero-order valence-corrected chi connectivity index (χ0v) is 5.76. The van der Waals surface area contributed by atoms with Crippen molar-refractivity contribution < 1.29 is 4.79 Å². The predicted molar refractivity (Wildman–Crippen MR) is 35.1 cm³/mol. The van der Waals surface area contributed by atoms with Crippen LogP contribution >= 0.6 is 23.4 Å². The summed E-state index contributed by atoms with van der Waals surface area (Å²) in [7, 11) is 0. The van der Waals surface area contributed by atoms with Crippen LogP contribution in [0.4, 0.5) is 0 Å². The number of hydrogen-bond acceptors (Lipinski definition) is 3. The molecule has 1 unspecified atom stereocenters. The third kappa shape index (κ3) is 1.37. The van der Waals surface area contributed by atoms with E-state index in [-0.39, 0.29) is 11.3 Å². The monoisotopic (exact) mass is 151 g/mol. The van der Waals surface area contributed by atoms with E-state index in [1.165, 1.54) is 0 Å². The van der Waals surface area contributed by atoms with Crippen LogP contribution in [0.3, 0.4) is 0 Å². The molecule has 0 spiro atoms. The molecule has 0 aromatic rings. The SMILES string of the molecule is O=C(Cl)C1CSCN1. The van der Waals surface area contributed by atoms with E-state index in [2.05, 4.69) is 5.32 Å². The first kappa shape index (κ1) is 6.39. The van der Waals surface area contributed by atoms with Crippen molar-refractivity contribution in [1.29, 1.82) is 0 Å². The van der Waals surface area contributed by atoms with Gasteiger partial charge in [0.25, 0.3) is 0 Å². The van der Waals surface area contributed by atoms with Gasteiger partial charge in [0.2, 0.25) is 5.24 Å². The van der Waals surface area contributed by atoms with Gasteiger partial charge in [-0.15, -0.1) is 11.8 Å². The molecular formula is C4H6ClNOS. The minimum Gasteiger partial charge on any atom is -0.297 e. The van der Waals surface area contributed by atoms with Gasteiger partial charge in [-0.1, -0.05) is 0 Å². The second-order valence-corrected chi connectivity index (χ2v) is 2.98. The Kier molecular flexibility index (Phi) is 2.16. The molecule has 1 N–H and O–H groups in total. The van der Waals surface area contributed by atoms with Gasteiger partial charge in [-0.2, -0.15) is 0 Å². The van der Waals surface area contributed by atoms with Gasteiger partial charge in [0.15, 0.2) is 0 Å². The van der Waals surface area contributed by atoms with E-state index >= 15 is 0 Å². The Morgan fingerprint density at radius 3 is 2.88 bits per heavy atom. The predicted octanol–water partition coefficient (Wildman–Crippen LogP) is 0.414. The highest BCUT2D eigenvalue weighted by molar-refractivity contribution is 7.99. The van der Waals surface area contributed by atoms with Crippen LogP contribution in [0, 0.1) is 0 Å². The van der Waals surface area contributed by atoms with Gasteiger partial charge in [-0.05, 0) is 11.6 Å². The molecule has 1 atom stereocenters. The average molecular weight is 152 g/mol. The lowest BCUT2D eigenvalue weighted by molar-refractivity contribution is -0.112. The molecule has 0 aromatic heterocycles. The van der Waals surface area contributed by atoms with Gasteiger partial charge >= 0.3 is 0 Å². The number of carbonyl (C=O) groups is 1. The molecule has 8 heavy (non-hydrogen) atoms. The Labute approximate surface area is 57.0 Å². The summed E-state index contributed by atoms with van der Waals surface area (Å²) in [5.41, 5.74) is 0. The van der Waals surface area contributed by atoms with Gasteiger partial charge in [0.05, 0.1) is 6.04 Å². The summed E-state index contributed by atoms with van der Waals surface area (Å²) in [6.45, 7) is 0. The Morgan fingerprint density at radius 2 is 2.62 bits per heavy atom. The zero-order chi connectivity index (χ0) is 5.98. The van der Waals surface area contributed by atoms with E-state index in [1.54, 1.807) is 11.8 Å². The highest BCUT2D eigenvalue weighted by Crippen LogP contribution is 2.10. The van der Waals surface area contributed by atoms with Crippen LogP contribution in [-0.2, 0) is 4.79 Å². The van der Waals surface area contributed by atoms with Crippen LogP contribution in [0.15, 0.2) is 0 Å². The molecule has 0 bridgehead atoms. The lowest BCUT2D eigenvalue weighted by atomic mass is 10.4. The molecule has 1 aliphatic rings. The van der Waals surface area contributed by atoms with E-state index in [4.69, 9.17) is 11.6 Å².